The third-order valence-electron chi connectivity index (χ3n) is 4.06. The van der Waals surface area contributed by atoms with Gasteiger partial charge in [0.2, 0.25) is 6.17 Å². The molecule has 0 radical (unpaired) electrons. The molecule has 1 aliphatic rings. The summed E-state index contributed by atoms with van der Waals surface area (Å²) in [5.74, 6) is 0. The summed E-state index contributed by atoms with van der Waals surface area (Å²) in [7, 11) is 0. The van der Waals surface area contributed by atoms with Crippen LogP contribution in [0.25, 0.3) is 10.2 Å². The summed E-state index contributed by atoms with van der Waals surface area (Å²) in [6.45, 7) is 3.97. The Morgan fingerprint density at radius 2 is 1.96 bits per heavy atom. The van der Waals surface area contributed by atoms with Crippen LogP contribution in [0.5, 0.6) is 0 Å². The van der Waals surface area contributed by atoms with Crippen molar-refractivity contribution in [1.82, 2.24) is 4.98 Å². The van der Waals surface area contributed by atoms with E-state index < -0.39 is 0 Å². The Labute approximate surface area is 149 Å². The molecule has 4 N–H and O–H groups in total. The van der Waals surface area contributed by atoms with Crippen LogP contribution in [-0.4, -0.2) is 22.6 Å². The van der Waals surface area contributed by atoms with Crippen LogP contribution >= 0.6 is 11.3 Å². The average molecular weight is 351 g/mol. The number of para-hydroxylation sites is 1. The van der Waals surface area contributed by atoms with Crippen molar-refractivity contribution in [2.45, 2.75) is 20.0 Å². The van der Waals surface area contributed by atoms with Gasteiger partial charge in [0.25, 0.3) is 0 Å². The minimum atomic E-state index is -0.167. The maximum Gasteiger partial charge on any atom is 0.227 e. The largest absolute Gasteiger partial charge is 0.331 e. The van der Waals surface area contributed by atoms with Gasteiger partial charge in [0.15, 0.2) is 5.71 Å². The van der Waals surface area contributed by atoms with Gasteiger partial charge in [0, 0.05) is 0 Å². The minimum absolute atomic E-state index is 0.167. The zero-order chi connectivity index (χ0) is 17.4. The van der Waals surface area contributed by atoms with E-state index in [0.717, 1.165) is 33.3 Å². The maximum absolute atomic E-state index is 4.59. The maximum atomic E-state index is 4.59. The Kier molecular flexibility index (Phi) is 3.95. The third kappa shape index (κ3) is 2.99. The fourth-order valence-electron chi connectivity index (χ4n) is 2.85. The molecular weight excluding hydrogens is 332 g/mol. The molecule has 0 saturated carbocycles. The number of anilines is 2. The predicted octanol–water partition coefficient (Wildman–Crippen LogP) is 2.84. The molecule has 126 valence electrons. The first-order valence-electron chi connectivity index (χ1n) is 8.05. The minimum Gasteiger partial charge on any atom is -0.331 e. The van der Waals surface area contributed by atoms with E-state index in [0.29, 0.717) is 0 Å². The average Bonchev–Trinajstić information content (AvgIpc) is 3.12. The molecule has 1 aliphatic heterocycles. The molecular formula is C18H19N6S+. The number of aromatic nitrogens is 1. The van der Waals surface area contributed by atoms with Crippen LogP contribution in [-0.2, 0) is 0 Å². The fraction of sp³-hybridized carbons (Fsp3) is 0.167. The van der Waals surface area contributed by atoms with E-state index in [-0.39, 0.29) is 6.17 Å². The summed E-state index contributed by atoms with van der Waals surface area (Å²) < 4.78 is 1.18. The van der Waals surface area contributed by atoms with Crippen molar-refractivity contribution in [3.63, 3.8) is 0 Å². The van der Waals surface area contributed by atoms with E-state index >= 15 is 0 Å². The molecule has 2 aromatic carbocycles. The summed E-state index contributed by atoms with van der Waals surface area (Å²) in [5, 5.41) is 12.1. The van der Waals surface area contributed by atoms with Gasteiger partial charge >= 0.3 is 0 Å². The Bertz CT molecular complexity index is 976. The second-order valence-corrected chi connectivity index (χ2v) is 7.14. The monoisotopic (exact) mass is 351 g/mol. The van der Waals surface area contributed by atoms with Crippen LogP contribution in [0.3, 0.4) is 0 Å². The zero-order valence-corrected chi connectivity index (χ0v) is 14.9. The third-order valence-corrected chi connectivity index (χ3v) is 5.01. The SMILES string of the molecule is CC1=NN(c2ccccc2)[C@H]([NH3+])/C1=N/Nc1ccc2sc(C)nc2c1. The molecule has 3 aromatic rings. The zero-order valence-electron chi connectivity index (χ0n) is 14.1. The van der Waals surface area contributed by atoms with E-state index in [9.17, 15) is 0 Å². The van der Waals surface area contributed by atoms with Crippen molar-refractivity contribution in [2.75, 3.05) is 10.4 Å². The number of rotatable bonds is 3. The number of aryl methyl sites for hydroxylation is 1. The Morgan fingerprint density at radius 1 is 1.16 bits per heavy atom. The van der Waals surface area contributed by atoms with Gasteiger partial charge in [-0.15, -0.1) is 11.3 Å². The Hall–Kier alpha value is -2.77. The van der Waals surface area contributed by atoms with E-state index in [1.165, 1.54) is 4.70 Å². The summed E-state index contributed by atoms with van der Waals surface area (Å²) >= 11 is 1.69. The van der Waals surface area contributed by atoms with Gasteiger partial charge < -0.3 is 5.73 Å². The molecule has 4 rings (SSSR count). The lowest BCUT2D eigenvalue weighted by molar-refractivity contribution is -0.392. The summed E-state index contributed by atoms with van der Waals surface area (Å²) in [6, 6.07) is 16.1. The molecule has 0 bridgehead atoms. The molecule has 1 aromatic heterocycles. The van der Waals surface area contributed by atoms with Gasteiger partial charge in [-0.2, -0.15) is 10.2 Å². The van der Waals surface area contributed by atoms with Gasteiger partial charge in [0.05, 0.1) is 32.3 Å². The summed E-state index contributed by atoms with van der Waals surface area (Å²) in [5.41, 5.74) is 11.9. The Balaban J connectivity index is 1.57. The normalized spacial score (nSPS) is 18.8. The first-order valence-corrected chi connectivity index (χ1v) is 8.87. The first-order chi connectivity index (χ1) is 12.1. The molecule has 0 fully saturated rings. The smallest absolute Gasteiger partial charge is 0.227 e. The number of hydrogen-bond donors (Lipinski definition) is 2. The fourth-order valence-corrected chi connectivity index (χ4v) is 3.66. The van der Waals surface area contributed by atoms with E-state index in [1.54, 1.807) is 11.3 Å². The van der Waals surface area contributed by atoms with E-state index in [2.05, 4.69) is 32.4 Å². The highest BCUT2D eigenvalue weighted by atomic mass is 32.1. The van der Waals surface area contributed by atoms with Crippen molar-refractivity contribution in [3.8, 4) is 0 Å². The highest BCUT2D eigenvalue weighted by Gasteiger charge is 2.32. The molecule has 25 heavy (non-hydrogen) atoms. The highest BCUT2D eigenvalue weighted by Crippen LogP contribution is 2.25. The van der Waals surface area contributed by atoms with Crippen molar-refractivity contribution >= 4 is 44.4 Å². The van der Waals surface area contributed by atoms with Crippen molar-refractivity contribution < 1.29 is 5.73 Å². The molecule has 0 spiro atoms. The van der Waals surface area contributed by atoms with Crippen LogP contribution in [0.4, 0.5) is 11.4 Å². The molecule has 2 heterocycles. The molecule has 0 saturated heterocycles. The molecule has 1 atom stereocenters. The lowest BCUT2D eigenvalue weighted by Crippen LogP contribution is -2.70. The van der Waals surface area contributed by atoms with E-state index in [1.807, 2.05) is 61.3 Å². The van der Waals surface area contributed by atoms with Crippen molar-refractivity contribution in [2.24, 2.45) is 10.2 Å². The van der Waals surface area contributed by atoms with Gasteiger partial charge in [-0.1, -0.05) is 18.2 Å². The van der Waals surface area contributed by atoms with Gasteiger partial charge in [-0.05, 0) is 44.2 Å². The second kappa shape index (κ2) is 6.27. The number of hydrazone groups is 2. The van der Waals surface area contributed by atoms with Crippen LogP contribution in [0.1, 0.15) is 11.9 Å². The van der Waals surface area contributed by atoms with Crippen molar-refractivity contribution in [3.05, 3.63) is 53.5 Å². The molecule has 0 unspecified atom stereocenters. The van der Waals surface area contributed by atoms with Crippen LogP contribution in [0, 0.1) is 6.92 Å². The molecule has 0 aliphatic carbocycles. The second-order valence-electron chi connectivity index (χ2n) is 5.91. The number of nitrogens with zero attached hydrogens (tertiary/aromatic N) is 4. The highest BCUT2D eigenvalue weighted by molar-refractivity contribution is 7.18. The predicted molar refractivity (Wildman–Crippen MR) is 104 cm³/mol. The topological polar surface area (TPSA) is 80.5 Å². The van der Waals surface area contributed by atoms with Gasteiger partial charge in [-0.3, -0.25) is 5.43 Å². The number of fused-ring (bicyclic) bond motifs is 1. The molecule has 6 nitrogen and oxygen atoms in total. The standard InChI is InChI=1S/C18H18N6S/c1-11-17(18(19)24(23-11)14-6-4-3-5-7-14)22-21-13-8-9-16-15(10-13)20-12(2)25-16/h3-10,18,21H,19H2,1-2H3/p+1/b22-17+/t18-/m0/s1. The molecule has 7 heteroatoms. The van der Waals surface area contributed by atoms with Crippen molar-refractivity contribution in [1.29, 1.82) is 0 Å². The number of quaternary nitrogens is 1. The van der Waals surface area contributed by atoms with Crippen LogP contribution in [0.2, 0.25) is 0 Å². The Morgan fingerprint density at radius 3 is 2.76 bits per heavy atom. The van der Waals surface area contributed by atoms with Gasteiger partial charge in [-0.25, -0.2) is 9.99 Å². The number of nitrogens with one attached hydrogen (secondary N) is 1. The van der Waals surface area contributed by atoms with Crippen LogP contribution in [0.15, 0.2) is 58.7 Å². The lowest BCUT2D eigenvalue weighted by atomic mass is 10.2. The van der Waals surface area contributed by atoms with Crippen LogP contribution < -0.4 is 16.2 Å². The molecule has 0 amide bonds. The number of thiazole rings is 1. The number of hydrogen-bond acceptors (Lipinski definition) is 6. The lowest BCUT2D eigenvalue weighted by Gasteiger charge is -2.16. The van der Waals surface area contributed by atoms with Gasteiger partial charge in [0.1, 0.15) is 0 Å². The quantitative estimate of drug-likeness (QED) is 0.712. The first kappa shape index (κ1) is 15.7. The summed E-state index contributed by atoms with van der Waals surface area (Å²) in [4.78, 5) is 4.52. The summed E-state index contributed by atoms with van der Waals surface area (Å²) in [6.07, 6.45) is -0.167. The number of benzene rings is 2. The van der Waals surface area contributed by atoms with E-state index in [4.69, 9.17) is 0 Å².